The maximum Gasteiger partial charge on any atom is 0.343 e. The fourth-order valence-corrected chi connectivity index (χ4v) is 3.28. The van der Waals surface area contributed by atoms with E-state index in [1.54, 1.807) is 6.92 Å². The van der Waals surface area contributed by atoms with E-state index >= 15 is 0 Å². The van der Waals surface area contributed by atoms with Crippen LogP contribution in [0.3, 0.4) is 0 Å². The van der Waals surface area contributed by atoms with Crippen LogP contribution >= 0.6 is 0 Å². The number of ether oxygens (including phenoxy) is 2. The molecule has 1 aromatic rings. The smallest absolute Gasteiger partial charge is 0.343 e. The third kappa shape index (κ3) is 2.67. The number of fused-ring (bicyclic) bond motifs is 2. The molecule has 1 aromatic heterocycles. The minimum atomic E-state index is -1.05. The highest BCUT2D eigenvalue weighted by Gasteiger charge is 2.55. The molecule has 124 valence electrons. The van der Waals surface area contributed by atoms with Crippen LogP contribution in [0.4, 0.5) is 5.82 Å². The van der Waals surface area contributed by atoms with Crippen LogP contribution in [0.1, 0.15) is 30.1 Å². The van der Waals surface area contributed by atoms with Gasteiger partial charge in [0.2, 0.25) is 5.91 Å². The van der Waals surface area contributed by atoms with E-state index in [1.165, 1.54) is 6.20 Å². The summed E-state index contributed by atoms with van der Waals surface area (Å²) in [6, 6.07) is 0. The summed E-state index contributed by atoms with van der Waals surface area (Å²) >= 11 is 0. The summed E-state index contributed by atoms with van der Waals surface area (Å²) in [4.78, 5) is 35.7. The maximum absolute atomic E-state index is 12.5. The molecular weight excluding hydrogens is 306 g/mol. The molecule has 4 atom stereocenters. The van der Waals surface area contributed by atoms with Gasteiger partial charge in [0.25, 0.3) is 0 Å². The summed E-state index contributed by atoms with van der Waals surface area (Å²) in [5.74, 6) is -3.73. The van der Waals surface area contributed by atoms with E-state index in [9.17, 15) is 19.5 Å². The molecule has 23 heavy (non-hydrogen) atoms. The molecule has 2 aliphatic heterocycles. The lowest BCUT2D eigenvalue weighted by Crippen LogP contribution is -2.41. The lowest BCUT2D eigenvalue weighted by atomic mass is 9.78. The summed E-state index contributed by atoms with van der Waals surface area (Å²) < 4.78 is 10.4. The highest BCUT2D eigenvalue weighted by Crippen LogP contribution is 2.44. The van der Waals surface area contributed by atoms with Crippen LogP contribution in [0.25, 0.3) is 0 Å². The number of nitrogens with zero attached hydrogens (tertiary/aromatic N) is 1. The number of carbonyl (C=O) groups excluding carboxylic acids is 2. The lowest BCUT2D eigenvalue weighted by Gasteiger charge is -2.23. The van der Waals surface area contributed by atoms with Crippen molar-refractivity contribution >= 4 is 23.7 Å². The van der Waals surface area contributed by atoms with Gasteiger partial charge in [0, 0.05) is 0 Å². The molecule has 2 fully saturated rings. The van der Waals surface area contributed by atoms with Crippen molar-refractivity contribution in [3.05, 3.63) is 11.8 Å². The van der Waals surface area contributed by atoms with Gasteiger partial charge in [0.05, 0.1) is 36.8 Å². The van der Waals surface area contributed by atoms with Crippen molar-refractivity contribution in [2.75, 3.05) is 11.9 Å². The van der Waals surface area contributed by atoms with Crippen LogP contribution in [0.2, 0.25) is 0 Å². The van der Waals surface area contributed by atoms with Gasteiger partial charge in [-0.2, -0.15) is 5.10 Å². The van der Waals surface area contributed by atoms with Crippen molar-refractivity contribution in [3.8, 4) is 0 Å². The van der Waals surface area contributed by atoms with Gasteiger partial charge in [-0.1, -0.05) is 0 Å². The number of H-pyrrole nitrogens is 1. The molecule has 3 rings (SSSR count). The zero-order valence-electron chi connectivity index (χ0n) is 12.4. The zero-order chi connectivity index (χ0) is 16.6. The maximum atomic E-state index is 12.5. The number of anilines is 1. The van der Waals surface area contributed by atoms with Crippen LogP contribution in [-0.2, 0) is 19.1 Å². The summed E-state index contributed by atoms with van der Waals surface area (Å²) in [7, 11) is 0. The number of aromatic amines is 1. The molecule has 0 saturated carbocycles. The van der Waals surface area contributed by atoms with Crippen molar-refractivity contribution in [1.82, 2.24) is 10.2 Å². The molecule has 2 aliphatic rings. The quantitative estimate of drug-likeness (QED) is 0.669. The lowest BCUT2D eigenvalue weighted by molar-refractivity contribution is -0.147. The molecule has 0 aromatic carbocycles. The highest BCUT2D eigenvalue weighted by molar-refractivity contribution is 6.01. The SMILES string of the molecule is CCOC(=O)c1cn[nH]c1NC(=O)C1C(C(=O)O)[C@H]2CC[C@@H]1O2. The van der Waals surface area contributed by atoms with Crippen molar-refractivity contribution < 1.29 is 29.0 Å². The normalized spacial score (nSPS) is 28.6. The van der Waals surface area contributed by atoms with Crippen molar-refractivity contribution in [2.24, 2.45) is 11.8 Å². The number of rotatable bonds is 5. The van der Waals surface area contributed by atoms with Crippen LogP contribution in [0.5, 0.6) is 0 Å². The Kier molecular flexibility index (Phi) is 4.03. The Bertz CT molecular complexity index is 642. The van der Waals surface area contributed by atoms with Crippen LogP contribution in [-0.4, -0.2) is 52.0 Å². The summed E-state index contributed by atoms with van der Waals surface area (Å²) in [5.41, 5.74) is 0.0937. The topological polar surface area (TPSA) is 131 Å². The molecule has 0 spiro atoms. The van der Waals surface area contributed by atoms with Gasteiger partial charge in [-0.15, -0.1) is 0 Å². The Hall–Kier alpha value is -2.42. The Morgan fingerprint density at radius 1 is 1.39 bits per heavy atom. The van der Waals surface area contributed by atoms with E-state index in [0.29, 0.717) is 12.8 Å². The Morgan fingerprint density at radius 2 is 2.09 bits per heavy atom. The first-order chi connectivity index (χ1) is 11.0. The second-order valence-electron chi connectivity index (χ2n) is 5.55. The van der Waals surface area contributed by atoms with Gasteiger partial charge in [0.1, 0.15) is 11.4 Å². The molecule has 2 unspecified atom stereocenters. The number of amides is 1. The fraction of sp³-hybridized carbons (Fsp3) is 0.571. The summed E-state index contributed by atoms with van der Waals surface area (Å²) in [6.07, 6.45) is 1.71. The van der Waals surface area contributed by atoms with Gasteiger partial charge in [0.15, 0.2) is 0 Å². The van der Waals surface area contributed by atoms with Gasteiger partial charge in [-0.25, -0.2) is 4.79 Å². The summed E-state index contributed by atoms with van der Waals surface area (Å²) in [5, 5.41) is 18.1. The standard InChI is InChI=1S/C14H17N3O6/c1-2-22-14(21)6-5-15-17-11(6)16-12(18)9-7-3-4-8(23-7)10(9)13(19)20/h5,7-10H,2-4H2,1H3,(H,19,20)(H2,15,16,17,18)/t7-,8+,9?,10?/m0/s1. The van der Waals surface area contributed by atoms with Gasteiger partial charge >= 0.3 is 11.9 Å². The minimum absolute atomic E-state index is 0.0937. The van der Waals surface area contributed by atoms with E-state index in [-0.39, 0.29) is 18.0 Å². The number of esters is 1. The van der Waals surface area contributed by atoms with Crippen LogP contribution in [0.15, 0.2) is 6.20 Å². The first-order valence-corrected chi connectivity index (χ1v) is 7.42. The Balaban J connectivity index is 1.76. The highest BCUT2D eigenvalue weighted by atomic mass is 16.5. The second kappa shape index (κ2) is 5.99. The van der Waals surface area contributed by atoms with Crippen LogP contribution < -0.4 is 5.32 Å². The molecule has 2 saturated heterocycles. The first kappa shape index (κ1) is 15.5. The first-order valence-electron chi connectivity index (χ1n) is 7.42. The molecule has 1 amide bonds. The number of hydrogen-bond donors (Lipinski definition) is 3. The Morgan fingerprint density at radius 3 is 2.74 bits per heavy atom. The molecule has 3 heterocycles. The second-order valence-corrected chi connectivity index (χ2v) is 5.55. The molecule has 9 heteroatoms. The van der Waals surface area contributed by atoms with Gasteiger partial charge in [-0.3, -0.25) is 14.7 Å². The van der Waals surface area contributed by atoms with Gasteiger partial charge < -0.3 is 19.9 Å². The molecule has 0 aliphatic carbocycles. The number of carboxylic acids is 1. The predicted molar refractivity (Wildman–Crippen MR) is 75.7 cm³/mol. The number of carbonyl (C=O) groups is 3. The third-order valence-corrected chi connectivity index (χ3v) is 4.24. The number of nitrogens with one attached hydrogen (secondary N) is 2. The fourth-order valence-electron chi connectivity index (χ4n) is 3.28. The third-order valence-electron chi connectivity index (χ3n) is 4.24. The molecular formula is C14H17N3O6. The van der Waals surface area contributed by atoms with Crippen molar-refractivity contribution in [3.63, 3.8) is 0 Å². The Labute approximate surface area is 131 Å². The number of hydrogen-bond acceptors (Lipinski definition) is 6. The molecule has 0 radical (unpaired) electrons. The average Bonchev–Trinajstić information content (AvgIpc) is 3.21. The monoisotopic (exact) mass is 323 g/mol. The molecule has 9 nitrogen and oxygen atoms in total. The average molecular weight is 323 g/mol. The van der Waals surface area contributed by atoms with Crippen molar-refractivity contribution in [2.45, 2.75) is 32.0 Å². The zero-order valence-corrected chi connectivity index (χ0v) is 12.4. The predicted octanol–water partition coefficient (Wildman–Crippen LogP) is 0.403. The molecule has 2 bridgehead atoms. The van der Waals surface area contributed by atoms with Gasteiger partial charge in [-0.05, 0) is 19.8 Å². The molecule has 3 N–H and O–H groups in total. The number of carboxylic acid groups (broad SMARTS) is 1. The van der Waals surface area contributed by atoms with E-state index in [0.717, 1.165) is 0 Å². The van der Waals surface area contributed by atoms with Crippen molar-refractivity contribution in [1.29, 1.82) is 0 Å². The number of aliphatic carboxylic acids is 1. The number of aromatic nitrogens is 2. The largest absolute Gasteiger partial charge is 0.481 e. The van der Waals surface area contributed by atoms with E-state index in [1.807, 2.05) is 0 Å². The summed E-state index contributed by atoms with van der Waals surface area (Å²) in [6.45, 7) is 1.86. The van der Waals surface area contributed by atoms with E-state index in [2.05, 4.69) is 15.5 Å². The van der Waals surface area contributed by atoms with E-state index in [4.69, 9.17) is 9.47 Å². The minimum Gasteiger partial charge on any atom is -0.481 e. The van der Waals surface area contributed by atoms with E-state index < -0.39 is 41.9 Å². The van der Waals surface area contributed by atoms with Crippen LogP contribution in [0, 0.1) is 11.8 Å².